The number of H-pyrrole nitrogens is 1. The number of piperidine rings is 1. The molecule has 0 amide bonds. The van der Waals surface area contributed by atoms with Crippen molar-refractivity contribution >= 4 is 38.5 Å². The van der Waals surface area contributed by atoms with Crippen LogP contribution < -0.4 is 0 Å². The SMILES string of the molecule is O=C(CSc1ccc(S(=O)(=O)N2CCCCC2)cn1)c1c[nH]c2ccccc12. The molecule has 6 nitrogen and oxygen atoms in total. The molecule has 0 unspecified atom stereocenters. The van der Waals surface area contributed by atoms with Crippen molar-refractivity contribution in [3.63, 3.8) is 0 Å². The van der Waals surface area contributed by atoms with Crippen molar-refractivity contribution in [2.24, 2.45) is 0 Å². The molecule has 1 saturated heterocycles. The summed E-state index contributed by atoms with van der Waals surface area (Å²) < 4.78 is 26.9. The Balaban J connectivity index is 1.42. The normalized spacial score (nSPS) is 15.7. The molecule has 4 rings (SSSR count). The molecule has 2 aromatic heterocycles. The maximum Gasteiger partial charge on any atom is 0.244 e. The quantitative estimate of drug-likeness (QED) is 0.490. The summed E-state index contributed by atoms with van der Waals surface area (Å²) in [6.45, 7) is 1.13. The number of thioether (sulfide) groups is 1. The third-order valence-electron chi connectivity index (χ3n) is 4.90. The van der Waals surface area contributed by atoms with E-state index in [1.54, 1.807) is 18.3 Å². The largest absolute Gasteiger partial charge is 0.360 e. The minimum absolute atomic E-state index is 0.00858. The number of benzene rings is 1. The summed E-state index contributed by atoms with van der Waals surface area (Å²) in [6, 6.07) is 10.9. The van der Waals surface area contributed by atoms with Gasteiger partial charge >= 0.3 is 0 Å². The fraction of sp³-hybridized carbons (Fsp3) is 0.300. The Bertz CT molecular complexity index is 1090. The maximum atomic E-state index is 12.7. The molecule has 3 aromatic rings. The van der Waals surface area contributed by atoms with Crippen molar-refractivity contribution in [3.05, 3.63) is 54.4 Å². The molecule has 0 radical (unpaired) electrons. The van der Waals surface area contributed by atoms with Crippen molar-refractivity contribution in [3.8, 4) is 0 Å². The number of pyridine rings is 1. The lowest BCUT2D eigenvalue weighted by Gasteiger charge is -2.25. The number of fused-ring (bicyclic) bond motifs is 1. The van der Waals surface area contributed by atoms with Gasteiger partial charge in [-0.1, -0.05) is 36.4 Å². The van der Waals surface area contributed by atoms with Crippen molar-refractivity contribution < 1.29 is 13.2 Å². The Hall–Kier alpha value is -2.16. The highest BCUT2D eigenvalue weighted by molar-refractivity contribution is 7.99. The number of para-hydroxylation sites is 1. The van der Waals surface area contributed by atoms with E-state index >= 15 is 0 Å². The van der Waals surface area contributed by atoms with Crippen LogP contribution >= 0.6 is 11.8 Å². The lowest BCUT2D eigenvalue weighted by atomic mass is 10.1. The van der Waals surface area contributed by atoms with Gasteiger partial charge in [0.05, 0.1) is 10.8 Å². The van der Waals surface area contributed by atoms with E-state index in [-0.39, 0.29) is 16.4 Å². The predicted molar refractivity (Wildman–Crippen MR) is 110 cm³/mol. The summed E-state index contributed by atoms with van der Waals surface area (Å²) in [7, 11) is -3.48. The number of Topliss-reactive ketones (excluding diaryl/α,β-unsaturated/α-hetero) is 1. The van der Waals surface area contributed by atoms with Crippen LogP contribution in [0.2, 0.25) is 0 Å². The molecule has 0 saturated carbocycles. The Morgan fingerprint density at radius 3 is 2.64 bits per heavy atom. The van der Waals surface area contributed by atoms with E-state index in [9.17, 15) is 13.2 Å². The molecule has 1 aromatic carbocycles. The van der Waals surface area contributed by atoms with Crippen molar-refractivity contribution in [2.45, 2.75) is 29.2 Å². The Morgan fingerprint density at radius 1 is 1.11 bits per heavy atom. The maximum absolute atomic E-state index is 12.7. The van der Waals surface area contributed by atoms with E-state index in [1.165, 1.54) is 22.3 Å². The average molecular weight is 416 g/mol. The molecule has 0 spiro atoms. The number of carbonyl (C=O) groups excluding carboxylic acids is 1. The molecular weight excluding hydrogens is 394 g/mol. The van der Waals surface area contributed by atoms with Gasteiger partial charge in [0.2, 0.25) is 10.0 Å². The lowest BCUT2D eigenvalue weighted by Crippen LogP contribution is -2.35. The van der Waals surface area contributed by atoms with Gasteiger partial charge in [0.1, 0.15) is 4.90 Å². The highest BCUT2D eigenvalue weighted by atomic mass is 32.2. The number of nitrogens with zero attached hydrogens (tertiary/aromatic N) is 2. The van der Waals surface area contributed by atoms with Crippen LogP contribution in [0.15, 0.2) is 58.7 Å². The van der Waals surface area contributed by atoms with Gasteiger partial charge < -0.3 is 4.98 Å². The van der Waals surface area contributed by atoms with E-state index in [1.807, 2.05) is 24.3 Å². The molecule has 0 atom stereocenters. The van der Waals surface area contributed by atoms with Crippen molar-refractivity contribution in [2.75, 3.05) is 18.8 Å². The van der Waals surface area contributed by atoms with Gasteiger partial charge in [-0.3, -0.25) is 4.79 Å². The first-order valence-corrected chi connectivity index (χ1v) is 11.7. The third-order valence-corrected chi connectivity index (χ3v) is 7.73. The first-order valence-electron chi connectivity index (χ1n) is 9.24. The predicted octanol–water partition coefficient (Wildman–Crippen LogP) is 3.71. The van der Waals surface area contributed by atoms with Crippen LogP contribution in [0.4, 0.5) is 0 Å². The van der Waals surface area contributed by atoms with Gasteiger partial charge in [0, 0.05) is 41.9 Å². The van der Waals surface area contributed by atoms with Gasteiger partial charge in [0.25, 0.3) is 0 Å². The monoisotopic (exact) mass is 415 g/mol. The van der Waals surface area contributed by atoms with Crippen LogP contribution in [0, 0.1) is 0 Å². The molecule has 1 N–H and O–H groups in total. The molecule has 1 fully saturated rings. The van der Waals surface area contributed by atoms with Crippen molar-refractivity contribution in [1.29, 1.82) is 0 Å². The third kappa shape index (κ3) is 3.85. The van der Waals surface area contributed by atoms with Gasteiger partial charge in [-0.15, -0.1) is 0 Å². The van der Waals surface area contributed by atoms with Gasteiger partial charge in [-0.2, -0.15) is 4.31 Å². The second-order valence-corrected chi connectivity index (χ2v) is 9.69. The zero-order valence-electron chi connectivity index (χ0n) is 15.3. The number of hydrogen-bond donors (Lipinski definition) is 1. The Kier molecular flexibility index (Phi) is 5.52. The van der Waals surface area contributed by atoms with Crippen LogP contribution in [-0.2, 0) is 10.0 Å². The van der Waals surface area contributed by atoms with Crippen LogP contribution in [0.25, 0.3) is 10.9 Å². The molecule has 0 bridgehead atoms. The Morgan fingerprint density at radius 2 is 1.89 bits per heavy atom. The van der Waals surface area contributed by atoms with E-state index < -0.39 is 10.0 Å². The second-order valence-electron chi connectivity index (χ2n) is 6.76. The van der Waals surface area contributed by atoms with E-state index in [2.05, 4.69) is 9.97 Å². The topological polar surface area (TPSA) is 83.1 Å². The minimum atomic E-state index is -3.48. The lowest BCUT2D eigenvalue weighted by molar-refractivity contribution is 0.102. The minimum Gasteiger partial charge on any atom is -0.360 e. The number of hydrogen-bond acceptors (Lipinski definition) is 5. The van der Waals surface area contributed by atoms with E-state index in [0.717, 1.165) is 30.2 Å². The van der Waals surface area contributed by atoms with Crippen LogP contribution in [0.3, 0.4) is 0 Å². The number of nitrogens with one attached hydrogen (secondary N) is 1. The smallest absolute Gasteiger partial charge is 0.244 e. The number of carbonyl (C=O) groups is 1. The summed E-state index contributed by atoms with van der Waals surface area (Å²) in [5.74, 6) is 0.252. The first kappa shape index (κ1) is 19.2. The average Bonchev–Trinajstić information content (AvgIpc) is 3.17. The zero-order valence-corrected chi connectivity index (χ0v) is 16.9. The number of sulfonamides is 1. The van der Waals surface area contributed by atoms with E-state index in [4.69, 9.17) is 0 Å². The van der Waals surface area contributed by atoms with Gasteiger partial charge in [-0.05, 0) is 31.0 Å². The number of rotatable bonds is 6. The summed E-state index contributed by atoms with van der Waals surface area (Å²) >= 11 is 1.31. The summed E-state index contributed by atoms with van der Waals surface area (Å²) in [4.78, 5) is 20.1. The number of aromatic amines is 1. The van der Waals surface area contributed by atoms with Crippen LogP contribution in [-0.4, -0.2) is 47.3 Å². The van der Waals surface area contributed by atoms with Crippen LogP contribution in [0.1, 0.15) is 29.6 Å². The fourth-order valence-corrected chi connectivity index (χ4v) is 5.57. The summed E-state index contributed by atoms with van der Waals surface area (Å²) in [5.41, 5.74) is 1.59. The zero-order chi connectivity index (χ0) is 19.6. The highest BCUT2D eigenvalue weighted by Crippen LogP contribution is 2.24. The molecule has 1 aliphatic heterocycles. The van der Waals surface area contributed by atoms with Gasteiger partial charge in [0.15, 0.2) is 5.78 Å². The van der Waals surface area contributed by atoms with Gasteiger partial charge in [-0.25, -0.2) is 13.4 Å². The number of ketones is 1. The molecule has 146 valence electrons. The standard InChI is InChI=1S/C20H21N3O3S2/c24-19(17-13-21-18-7-3-2-6-16(17)18)14-27-20-9-8-15(12-22-20)28(25,26)23-10-4-1-5-11-23/h2-3,6-9,12-13,21H,1,4-5,10-11,14H2. The molecule has 1 aliphatic rings. The second kappa shape index (κ2) is 8.06. The summed E-state index contributed by atoms with van der Waals surface area (Å²) in [6.07, 6.45) is 6.00. The molecule has 8 heteroatoms. The van der Waals surface area contributed by atoms with E-state index in [0.29, 0.717) is 23.7 Å². The fourth-order valence-electron chi connectivity index (χ4n) is 3.38. The molecule has 0 aliphatic carbocycles. The highest BCUT2D eigenvalue weighted by Gasteiger charge is 2.26. The molecule has 3 heterocycles. The Labute approximate surface area is 168 Å². The number of aromatic nitrogens is 2. The molecular formula is C20H21N3O3S2. The summed E-state index contributed by atoms with van der Waals surface area (Å²) in [5, 5.41) is 1.54. The molecule has 28 heavy (non-hydrogen) atoms. The van der Waals surface area contributed by atoms with Crippen LogP contribution in [0.5, 0.6) is 0 Å². The van der Waals surface area contributed by atoms with Crippen molar-refractivity contribution in [1.82, 2.24) is 14.3 Å². The first-order chi connectivity index (χ1) is 13.6.